The minimum Gasteiger partial charge on any atom is -0.315 e. The van der Waals surface area contributed by atoms with E-state index in [0.717, 1.165) is 11.1 Å². The Morgan fingerprint density at radius 2 is 1.00 bits per heavy atom. The average Bonchev–Trinajstić information content (AvgIpc) is 2.51. The highest BCUT2D eigenvalue weighted by molar-refractivity contribution is 7.91. The van der Waals surface area contributed by atoms with Crippen molar-refractivity contribution in [3.63, 3.8) is 0 Å². The molecule has 2 rings (SSSR count). The molecule has 0 fully saturated rings. The van der Waals surface area contributed by atoms with Crippen molar-refractivity contribution in [1.82, 2.24) is 0 Å². The minimum atomic E-state index is -4.32. The molecule has 0 aliphatic rings. The van der Waals surface area contributed by atoms with Crippen molar-refractivity contribution < 1.29 is 18.7 Å². The van der Waals surface area contributed by atoms with Crippen molar-refractivity contribution in [2.75, 3.05) is 0 Å². The number of aryl methyl sites for hydroxylation is 6. The molecule has 0 unspecified atom stereocenters. The van der Waals surface area contributed by atoms with E-state index in [-0.39, 0.29) is 0 Å². The molecule has 28 heavy (non-hydrogen) atoms. The fraction of sp³-hybridized carbons (Fsp3) is 0.391. The van der Waals surface area contributed by atoms with E-state index in [1.807, 2.05) is 38.1 Å². The first-order valence-corrected chi connectivity index (χ1v) is 11.0. The summed E-state index contributed by atoms with van der Waals surface area (Å²) in [5.74, 6) is 0. The Morgan fingerprint density at radius 1 is 0.714 bits per heavy atom. The Hall–Kier alpha value is -2.03. The molecule has 2 aromatic carbocycles. The van der Waals surface area contributed by atoms with Crippen molar-refractivity contribution in [2.45, 2.75) is 61.5 Å². The molecule has 5 heteroatoms. The molecule has 0 amide bonds. The van der Waals surface area contributed by atoms with Crippen molar-refractivity contribution in [3.05, 3.63) is 68.8 Å². The third-order valence-corrected chi connectivity index (χ3v) is 6.91. The van der Waals surface area contributed by atoms with Crippen molar-refractivity contribution >= 4 is 18.4 Å². The molecule has 0 saturated carbocycles. The Bertz CT molecular complexity index is 882. The van der Waals surface area contributed by atoms with Gasteiger partial charge in [0.05, 0.1) is 6.10 Å². The quantitative estimate of drug-likeness (QED) is 0.540. The number of benzene rings is 2. The molecule has 0 aliphatic carbocycles. The lowest BCUT2D eigenvalue weighted by Gasteiger charge is -2.22. The predicted octanol–water partition coefficient (Wildman–Crippen LogP) is 6.22. The maximum absolute atomic E-state index is 13.9. The summed E-state index contributed by atoms with van der Waals surface area (Å²) in [5, 5.41) is 0. The van der Waals surface area contributed by atoms with Gasteiger partial charge in [0.2, 0.25) is 0 Å². The van der Waals surface area contributed by atoms with E-state index in [1.165, 1.54) is 0 Å². The Balaban J connectivity index is 2.71. The van der Waals surface area contributed by atoms with E-state index in [9.17, 15) is 14.2 Å². The first-order chi connectivity index (χ1) is 12.9. The van der Waals surface area contributed by atoms with Crippen LogP contribution in [0.1, 0.15) is 67.9 Å². The van der Waals surface area contributed by atoms with Crippen LogP contribution in [0, 0.1) is 41.5 Å². The maximum atomic E-state index is 13.9. The molecule has 4 nitrogen and oxygen atoms in total. The fourth-order valence-corrected chi connectivity index (χ4v) is 6.08. The Kier molecular flexibility index (Phi) is 6.48. The van der Waals surface area contributed by atoms with Gasteiger partial charge in [-0.1, -0.05) is 35.4 Å². The van der Waals surface area contributed by atoms with Crippen LogP contribution in [0.3, 0.4) is 0 Å². The van der Waals surface area contributed by atoms with E-state index in [2.05, 4.69) is 0 Å². The minimum absolute atomic E-state index is 0.311. The highest BCUT2D eigenvalue weighted by Crippen LogP contribution is 2.55. The molecule has 0 radical (unpaired) electrons. The molecule has 0 heterocycles. The zero-order valence-corrected chi connectivity index (χ0v) is 18.9. The van der Waals surface area contributed by atoms with Crippen LogP contribution in [0.25, 0.3) is 0 Å². The fourth-order valence-electron chi connectivity index (χ4n) is 3.81. The largest absolute Gasteiger partial charge is 0.340 e. The zero-order valence-electron chi connectivity index (χ0n) is 18.0. The second kappa shape index (κ2) is 8.14. The topological polar surface area (TPSA) is 60.4 Å². The maximum Gasteiger partial charge on any atom is 0.340 e. The molecule has 150 valence electrons. The van der Waals surface area contributed by atoms with E-state index in [0.29, 0.717) is 33.4 Å². The van der Waals surface area contributed by atoms with Crippen molar-refractivity contribution in [3.8, 4) is 0 Å². The molecule has 0 saturated heterocycles. The summed E-state index contributed by atoms with van der Waals surface area (Å²) in [6.45, 7) is 14.4. The van der Waals surface area contributed by atoms with Gasteiger partial charge in [-0.15, -0.1) is 0 Å². The molecule has 0 spiro atoms. The summed E-state index contributed by atoms with van der Waals surface area (Å²) < 4.78 is 19.5. The lowest BCUT2D eigenvalue weighted by molar-refractivity contribution is 0.0977. The van der Waals surface area contributed by atoms with Crippen LogP contribution in [-0.2, 0) is 9.09 Å². The molecule has 0 bridgehead atoms. The number of hydrogen-bond donors (Lipinski definition) is 0. The van der Waals surface area contributed by atoms with Gasteiger partial charge < -0.3 is 4.52 Å². The molecule has 0 aliphatic heterocycles. The Labute approximate surface area is 167 Å². The van der Waals surface area contributed by atoms with Crippen LogP contribution in [0.5, 0.6) is 0 Å². The second-order valence-electron chi connectivity index (χ2n) is 7.86. The lowest BCUT2D eigenvalue weighted by Crippen LogP contribution is -2.19. The van der Waals surface area contributed by atoms with Gasteiger partial charge in [-0.25, -0.2) is 0 Å². The zero-order chi connectivity index (χ0) is 21.4. The SMILES string of the molecule is Cc1cc(C)c(C(=O)P(=O)(OC(C)C)C(=O)c2c(C)cc(C)cc2C)c(C)c1. The molecule has 2 aromatic rings. The first-order valence-electron chi connectivity index (χ1n) is 9.42. The first kappa shape index (κ1) is 22.3. The summed E-state index contributed by atoms with van der Waals surface area (Å²) in [6, 6.07) is 7.42. The normalized spacial score (nSPS) is 11.8. The molecule has 0 atom stereocenters. The summed E-state index contributed by atoms with van der Waals surface area (Å²) in [7, 11) is -4.32. The van der Waals surface area contributed by atoms with E-state index < -0.39 is 24.5 Å². The summed E-state index contributed by atoms with van der Waals surface area (Å²) in [5.41, 5.74) is 3.96. The van der Waals surface area contributed by atoms with Gasteiger partial charge in [-0.2, -0.15) is 0 Å². The van der Waals surface area contributed by atoms with Crippen LogP contribution in [0.4, 0.5) is 0 Å². The number of carbonyl (C=O) groups is 2. The predicted molar refractivity (Wildman–Crippen MR) is 114 cm³/mol. The van der Waals surface area contributed by atoms with Gasteiger partial charge in [-0.05, 0) is 77.6 Å². The van der Waals surface area contributed by atoms with Crippen molar-refractivity contribution in [1.29, 1.82) is 0 Å². The van der Waals surface area contributed by atoms with E-state index in [1.54, 1.807) is 41.5 Å². The van der Waals surface area contributed by atoms with Crippen LogP contribution < -0.4 is 0 Å². The van der Waals surface area contributed by atoms with Gasteiger partial charge >= 0.3 is 7.37 Å². The number of carbonyl (C=O) groups excluding carboxylic acids is 2. The smallest absolute Gasteiger partial charge is 0.315 e. The standard InChI is InChI=1S/C23H29O4P/c1-13(2)27-28(26,22(24)20-16(5)9-14(3)10-17(20)6)23(25)21-18(7)11-15(4)12-19(21)8/h9-13H,1-8H3. The lowest BCUT2D eigenvalue weighted by atomic mass is 10.0. The number of rotatable bonds is 6. The molecular formula is C23H29O4P. The molecular weight excluding hydrogens is 371 g/mol. The van der Waals surface area contributed by atoms with Crippen LogP contribution >= 0.6 is 7.37 Å². The Morgan fingerprint density at radius 3 is 1.25 bits per heavy atom. The summed E-state index contributed by atoms with van der Waals surface area (Å²) >= 11 is 0. The highest BCUT2D eigenvalue weighted by Gasteiger charge is 2.45. The van der Waals surface area contributed by atoms with Crippen LogP contribution in [0.15, 0.2) is 24.3 Å². The van der Waals surface area contributed by atoms with Crippen molar-refractivity contribution in [2.24, 2.45) is 0 Å². The summed E-state index contributed by atoms with van der Waals surface area (Å²) in [4.78, 5) is 26.9. The van der Waals surface area contributed by atoms with Gasteiger partial charge in [-0.3, -0.25) is 14.2 Å². The van der Waals surface area contributed by atoms with Crippen LogP contribution in [-0.4, -0.2) is 17.2 Å². The highest BCUT2D eigenvalue weighted by atomic mass is 31.2. The number of hydrogen-bond acceptors (Lipinski definition) is 4. The molecule has 0 N–H and O–H groups in total. The van der Waals surface area contributed by atoms with E-state index >= 15 is 0 Å². The van der Waals surface area contributed by atoms with Gasteiger partial charge in [0, 0.05) is 11.1 Å². The van der Waals surface area contributed by atoms with Gasteiger partial charge in [0.25, 0.3) is 11.0 Å². The second-order valence-corrected chi connectivity index (χ2v) is 9.99. The monoisotopic (exact) mass is 400 g/mol. The van der Waals surface area contributed by atoms with Crippen LogP contribution in [0.2, 0.25) is 0 Å². The van der Waals surface area contributed by atoms with Gasteiger partial charge in [0.15, 0.2) is 0 Å². The third-order valence-electron chi connectivity index (χ3n) is 4.68. The third kappa shape index (κ3) is 4.19. The molecule has 0 aromatic heterocycles. The van der Waals surface area contributed by atoms with E-state index in [4.69, 9.17) is 4.52 Å². The summed E-state index contributed by atoms with van der Waals surface area (Å²) in [6.07, 6.45) is -0.532. The van der Waals surface area contributed by atoms with Gasteiger partial charge in [0.1, 0.15) is 0 Å². The average molecular weight is 400 g/mol.